The van der Waals surface area contributed by atoms with Gasteiger partial charge < -0.3 is 9.57 Å². The largest absolute Gasteiger partial charge is 0.491 e. The second-order valence-electron chi connectivity index (χ2n) is 6.51. The Balaban J connectivity index is 1.73. The van der Waals surface area contributed by atoms with Crippen LogP contribution < -0.4 is 4.74 Å². The molecule has 4 heterocycles. The van der Waals surface area contributed by atoms with Gasteiger partial charge in [-0.25, -0.2) is 9.97 Å². The van der Waals surface area contributed by atoms with Crippen molar-refractivity contribution in [3.8, 4) is 26.9 Å². The summed E-state index contributed by atoms with van der Waals surface area (Å²) in [6.45, 7) is 6.49. The molecule has 0 radical (unpaired) electrons. The van der Waals surface area contributed by atoms with Gasteiger partial charge in [0.05, 0.1) is 22.9 Å². The number of nitrogens with zero attached hydrogens (tertiary/aromatic N) is 4. The zero-order valence-corrected chi connectivity index (χ0v) is 16.3. The number of fused-ring (bicyclic) bond motifs is 1. The van der Waals surface area contributed by atoms with Gasteiger partial charge in [-0.3, -0.25) is 4.98 Å². The van der Waals surface area contributed by atoms with Crippen molar-refractivity contribution in [2.24, 2.45) is 5.16 Å². The quantitative estimate of drug-likeness (QED) is 0.624. The first kappa shape index (κ1) is 17.6. The number of oxime groups is 1. The second-order valence-corrected chi connectivity index (χ2v) is 7.51. The molecule has 27 heavy (non-hydrogen) atoms. The molecule has 3 aromatic rings. The van der Waals surface area contributed by atoms with E-state index in [1.54, 1.807) is 17.5 Å². The zero-order chi connectivity index (χ0) is 18.8. The van der Waals surface area contributed by atoms with E-state index in [1.807, 2.05) is 51.2 Å². The van der Waals surface area contributed by atoms with E-state index in [0.717, 1.165) is 44.0 Å². The van der Waals surface area contributed by atoms with Crippen molar-refractivity contribution >= 4 is 17.0 Å². The molecule has 138 valence electrons. The van der Waals surface area contributed by atoms with E-state index < -0.39 is 0 Å². The maximum atomic E-state index is 5.74. The van der Waals surface area contributed by atoms with Gasteiger partial charge in [-0.05, 0) is 45.0 Å². The highest BCUT2D eigenvalue weighted by Gasteiger charge is 2.22. The number of thiazole rings is 1. The molecule has 0 saturated carbocycles. The lowest BCUT2D eigenvalue weighted by molar-refractivity contribution is 0.0849. The molecule has 0 spiro atoms. The molecule has 1 aliphatic rings. The lowest BCUT2D eigenvalue weighted by Gasteiger charge is -2.18. The van der Waals surface area contributed by atoms with Gasteiger partial charge in [-0.15, -0.1) is 11.3 Å². The fourth-order valence-corrected chi connectivity index (χ4v) is 3.80. The number of aryl methyl sites for hydroxylation is 1. The molecule has 0 aromatic carbocycles. The summed E-state index contributed by atoms with van der Waals surface area (Å²) in [5.74, 6) is 0.741. The fourth-order valence-electron chi connectivity index (χ4n) is 2.78. The van der Waals surface area contributed by atoms with Crippen molar-refractivity contribution in [2.45, 2.75) is 33.3 Å². The van der Waals surface area contributed by atoms with E-state index in [9.17, 15) is 0 Å². The minimum Gasteiger partial charge on any atom is -0.491 e. The summed E-state index contributed by atoms with van der Waals surface area (Å²) < 4.78 is 5.74. The normalized spacial score (nSPS) is 14.9. The number of rotatable bonds is 4. The topological polar surface area (TPSA) is 69.5 Å². The van der Waals surface area contributed by atoms with Crippen LogP contribution in [0.1, 0.15) is 31.7 Å². The molecule has 0 amide bonds. The number of hydrogen-bond donors (Lipinski definition) is 0. The van der Waals surface area contributed by atoms with E-state index >= 15 is 0 Å². The first-order chi connectivity index (χ1) is 13.1. The Morgan fingerprint density at radius 2 is 2.11 bits per heavy atom. The van der Waals surface area contributed by atoms with Crippen LogP contribution in [0.4, 0.5) is 0 Å². The standard InChI is InChI=1S/C20H20N4O2S/c1-12(2)26-24-15-8-10-25-17-7-6-16(23-18(15)17)19-13(3)22-20(27-19)14-5-4-9-21-11-14/h4-7,9,11-12H,8,10H2,1-3H3/b24-15+. The van der Waals surface area contributed by atoms with E-state index in [4.69, 9.17) is 19.5 Å². The summed E-state index contributed by atoms with van der Waals surface area (Å²) in [6, 6.07) is 7.85. The monoisotopic (exact) mass is 380 g/mol. The molecule has 1 aliphatic heterocycles. The highest BCUT2D eigenvalue weighted by atomic mass is 32.1. The fraction of sp³-hybridized carbons (Fsp3) is 0.300. The van der Waals surface area contributed by atoms with Crippen LogP contribution in [0.2, 0.25) is 0 Å². The Kier molecular flexibility index (Phi) is 4.85. The first-order valence-corrected chi connectivity index (χ1v) is 9.68. The minimum absolute atomic E-state index is 0.0257. The third-order valence-corrected chi connectivity index (χ3v) is 5.27. The van der Waals surface area contributed by atoms with Crippen molar-refractivity contribution in [3.63, 3.8) is 0 Å². The molecule has 0 saturated heterocycles. The van der Waals surface area contributed by atoms with E-state index in [-0.39, 0.29) is 6.10 Å². The van der Waals surface area contributed by atoms with Gasteiger partial charge in [0.1, 0.15) is 28.3 Å². The van der Waals surface area contributed by atoms with Gasteiger partial charge >= 0.3 is 0 Å². The third-order valence-electron chi connectivity index (χ3n) is 4.04. The van der Waals surface area contributed by atoms with Crippen LogP contribution in [0.5, 0.6) is 5.75 Å². The average Bonchev–Trinajstić information content (AvgIpc) is 3.08. The third kappa shape index (κ3) is 3.68. The smallest absolute Gasteiger partial charge is 0.147 e. The number of hydrogen-bond acceptors (Lipinski definition) is 7. The van der Waals surface area contributed by atoms with Crippen LogP contribution >= 0.6 is 11.3 Å². The molecule has 6 nitrogen and oxygen atoms in total. The highest BCUT2D eigenvalue weighted by molar-refractivity contribution is 7.18. The molecule has 0 atom stereocenters. The van der Waals surface area contributed by atoms with Crippen LogP contribution in [0, 0.1) is 6.92 Å². The van der Waals surface area contributed by atoms with Gasteiger partial charge in [0.25, 0.3) is 0 Å². The Morgan fingerprint density at radius 1 is 1.22 bits per heavy atom. The summed E-state index contributed by atoms with van der Waals surface area (Å²) in [5, 5.41) is 5.22. The molecule has 0 unspecified atom stereocenters. The average molecular weight is 380 g/mol. The number of aromatic nitrogens is 3. The Hall–Kier alpha value is -2.80. The van der Waals surface area contributed by atoms with Crippen LogP contribution in [0.3, 0.4) is 0 Å². The van der Waals surface area contributed by atoms with Crippen molar-refractivity contribution in [1.82, 2.24) is 15.0 Å². The van der Waals surface area contributed by atoms with E-state index in [0.29, 0.717) is 13.0 Å². The second kappa shape index (κ2) is 7.44. The van der Waals surface area contributed by atoms with Crippen molar-refractivity contribution in [3.05, 3.63) is 48.0 Å². The Morgan fingerprint density at radius 3 is 2.89 bits per heavy atom. The zero-order valence-electron chi connectivity index (χ0n) is 15.5. The van der Waals surface area contributed by atoms with Crippen molar-refractivity contribution in [1.29, 1.82) is 0 Å². The van der Waals surface area contributed by atoms with Crippen LogP contribution in [0.25, 0.3) is 21.1 Å². The maximum Gasteiger partial charge on any atom is 0.147 e. The lowest BCUT2D eigenvalue weighted by atomic mass is 10.1. The van der Waals surface area contributed by atoms with Gasteiger partial charge in [-0.2, -0.15) is 0 Å². The molecular weight excluding hydrogens is 360 g/mol. The lowest BCUT2D eigenvalue weighted by Crippen LogP contribution is -2.19. The number of pyridine rings is 2. The van der Waals surface area contributed by atoms with Gasteiger partial charge in [-0.1, -0.05) is 5.16 Å². The van der Waals surface area contributed by atoms with Gasteiger partial charge in [0.15, 0.2) is 0 Å². The highest BCUT2D eigenvalue weighted by Crippen LogP contribution is 2.36. The van der Waals surface area contributed by atoms with Crippen molar-refractivity contribution < 1.29 is 9.57 Å². The predicted molar refractivity (Wildman–Crippen MR) is 106 cm³/mol. The molecular formula is C20H20N4O2S. The SMILES string of the molecule is Cc1nc(-c2cccnc2)sc1-c1ccc2c(n1)/C(=N/OC(C)C)CCO2. The van der Waals surface area contributed by atoms with Gasteiger partial charge in [0, 0.05) is 24.4 Å². The molecule has 4 rings (SSSR count). The summed E-state index contributed by atoms with van der Waals surface area (Å²) in [4.78, 5) is 20.2. The van der Waals surface area contributed by atoms with E-state index in [1.165, 1.54) is 0 Å². The minimum atomic E-state index is 0.0257. The number of ether oxygens (including phenoxy) is 1. The maximum absolute atomic E-state index is 5.74. The molecule has 7 heteroatoms. The summed E-state index contributed by atoms with van der Waals surface area (Å²) in [7, 11) is 0. The van der Waals surface area contributed by atoms with E-state index in [2.05, 4.69) is 10.1 Å². The molecule has 0 N–H and O–H groups in total. The molecule has 0 aliphatic carbocycles. The van der Waals surface area contributed by atoms with Crippen LogP contribution in [-0.4, -0.2) is 33.4 Å². The first-order valence-electron chi connectivity index (χ1n) is 8.87. The Bertz CT molecular complexity index is 983. The van der Waals surface area contributed by atoms with Crippen molar-refractivity contribution in [2.75, 3.05) is 6.61 Å². The molecule has 0 bridgehead atoms. The molecule has 0 fully saturated rings. The molecule has 3 aromatic heterocycles. The van der Waals surface area contributed by atoms with Crippen LogP contribution in [0.15, 0.2) is 41.8 Å². The summed E-state index contributed by atoms with van der Waals surface area (Å²) in [6.07, 6.45) is 4.29. The Labute approximate surface area is 161 Å². The summed E-state index contributed by atoms with van der Waals surface area (Å²) >= 11 is 1.61. The van der Waals surface area contributed by atoms with Crippen LogP contribution in [-0.2, 0) is 4.84 Å². The summed E-state index contributed by atoms with van der Waals surface area (Å²) in [5.41, 5.74) is 4.38. The predicted octanol–water partition coefficient (Wildman–Crippen LogP) is 4.49. The van der Waals surface area contributed by atoms with Gasteiger partial charge in [0.2, 0.25) is 0 Å².